The number of nitrogens with one attached hydrogen (secondary N) is 1. The van der Waals surface area contributed by atoms with Crippen molar-refractivity contribution in [2.24, 2.45) is 5.41 Å². The first-order valence-corrected chi connectivity index (χ1v) is 8.00. The maximum absolute atomic E-state index is 13.0. The summed E-state index contributed by atoms with van der Waals surface area (Å²) in [6.45, 7) is 6.67. The first-order valence-electron chi connectivity index (χ1n) is 7.01. The molecular formula is C15H19FN4S. The van der Waals surface area contributed by atoms with Gasteiger partial charge in [0.25, 0.3) is 0 Å². The number of fused-ring (bicyclic) bond motifs is 1. The van der Waals surface area contributed by atoms with Crippen LogP contribution >= 0.6 is 11.8 Å². The fourth-order valence-corrected chi connectivity index (χ4v) is 3.49. The van der Waals surface area contributed by atoms with Crippen LogP contribution in [-0.2, 0) is 6.42 Å². The average molecular weight is 306 g/mol. The molecule has 0 bridgehead atoms. The van der Waals surface area contributed by atoms with Gasteiger partial charge in [0.1, 0.15) is 5.82 Å². The van der Waals surface area contributed by atoms with Crippen molar-refractivity contribution in [1.29, 1.82) is 0 Å². The SMILES string of the molecule is CC(C)(C)C1CSc2nnc(Cc3ccc(F)cc3)n2N1. The smallest absolute Gasteiger partial charge is 0.210 e. The second-order valence-electron chi connectivity index (χ2n) is 6.40. The van der Waals surface area contributed by atoms with Gasteiger partial charge in [-0.25, -0.2) is 9.07 Å². The molecule has 1 unspecified atom stereocenters. The van der Waals surface area contributed by atoms with Gasteiger partial charge in [0.15, 0.2) is 5.82 Å². The van der Waals surface area contributed by atoms with Crippen LogP contribution < -0.4 is 5.43 Å². The van der Waals surface area contributed by atoms with E-state index in [1.165, 1.54) is 12.1 Å². The summed E-state index contributed by atoms with van der Waals surface area (Å²) in [6.07, 6.45) is 0.637. The Balaban J connectivity index is 1.83. The molecule has 2 aromatic rings. The Morgan fingerprint density at radius 2 is 2.00 bits per heavy atom. The molecule has 1 aliphatic rings. The van der Waals surface area contributed by atoms with E-state index in [-0.39, 0.29) is 11.2 Å². The Morgan fingerprint density at radius 3 is 2.67 bits per heavy atom. The van der Waals surface area contributed by atoms with E-state index in [4.69, 9.17) is 0 Å². The number of hydrogen-bond donors (Lipinski definition) is 1. The van der Waals surface area contributed by atoms with Gasteiger partial charge in [-0.1, -0.05) is 44.7 Å². The third-order valence-corrected chi connectivity index (χ3v) is 4.71. The molecular weight excluding hydrogens is 287 g/mol. The van der Waals surface area contributed by atoms with Crippen molar-refractivity contribution in [2.45, 2.75) is 38.4 Å². The number of benzene rings is 1. The minimum atomic E-state index is -0.219. The molecule has 0 fully saturated rings. The lowest BCUT2D eigenvalue weighted by Crippen LogP contribution is -2.44. The molecule has 1 aliphatic heterocycles. The molecule has 4 nitrogen and oxygen atoms in total. The molecule has 0 radical (unpaired) electrons. The Morgan fingerprint density at radius 1 is 1.29 bits per heavy atom. The zero-order valence-electron chi connectivity index (χ0n) is 12.4. The van der Waals surface area contributed by atoms with Crippen molar-refractivity contribution >= 4 is 11.8 Å². The summed E-state index contributed by atoms with van der Waals surface area (Å²) in [4.78, 5) is 0. The highest BCUT2D eigenvalue weighted by Crippen LogP contribution is 2.31. The molecule has 0 saturated heterocycles. The van der Waals surface area contributed by atoms with Crippen molar-refractivity contribution in [1.82, 2.24) is 14.9 Å². The maximum atomic E-state index is 13.0. The van der Waals surface area contributed by atoms with Gasteiger partial charge in [-0.3, -0.25) is 0 Å². The van der Waals surface area contributed by atoms with Crippen molar-refractivity contribution in [3.8, 4) is 0 Å². The van der Waals surface area contributed by atoms with Crippen LogP contribution in [0.4, 0.5) is 4.39 Å². The molecule has 1 aromatic carbocycles. The topological polar surface area (TPSA) is 42.7 Å². The Hall–Kier alpha value is -1.56. The summed E-state index contributed by atoms with van der Waals surface area (Å²) < 4.78 is 15.0. The van der Waals surface area contributed by atoms with Crippen LogP contribution in [0.5, 0.6) is 0 Å². The van der Waals surface area contributed by atoms with E-state index in [0.29, 0.717) is 12.5 Å². The number of thioether (sulfide) groups is 1. The van der Waals surface area contributed by atoms with Crippen LogP contribution in [0.25, 0.3) is 0 Å². The summed E-state index contributed by atoms with van der Waals surface area (Å²) in [7, 11) is 0. The summed E-state index contributed by atoms with van der Waals surface area (Å²) >= 11 is 1.72. The van der Waals surface area contributed by atoms with Gasteiger partial charge in [-0.15, -0.1) is 10.2 Å². The van der Waals surface area contributed by atoms with Gasteiger partial charge in [-0.05, 0) is 23.1 Å². The molecule has 1 aromatic heterocycles. The third kappa shape index (κ3) is 3.05. The average Bonchev–Trinajstić information content (AvgIpc) is 2.83. The number of nitrogens with zero attached hydrogens (tertiary/aromatic N) is 3. The monoisotopic (exact) mass is 306 g/mol. The second-order valence-corrected chi connectivity index (χ2v) is 7.38. The molecule has 6 heteroatoms. The van der Waals surface area contributed by atoms with Gasteiger partial charge >= 0.3 is 0 Å². The van der Waals surface area contributed by atoms with Crippen LogP contribution in [0.1, 0.15) is 32.2 Å². The van der Waals surface area contributed by atoms with E-state index in [1.807, 2.05) is 4.68 Å². The van der Waals surface area contributed by atoms with Crippen molar-refractivity contribution in [3.63, 3.8) is 0 Å². The number of halogens is 1. The lowest BCUT2D eigenvalue weighted by molar-refractivity contribution is 0.335. The molecule has 3 rings (SSSR count). The molecule has 1 atom stereocenters. The van der Waals surface area contributed by atoms with E-state index >= 15 is 0 Å². The first kappa shape index (κ1) is 14.4. The largest absolute Gasteiger partial charge is 0.318 e. The standard InChI is InChI=1S/C15H19FN4S/c1-15(2,3)12-9-21-14-18-17-13(20(14)19-12)8-10-4-6-11(16)7-5-10/h4-7,12,19H,8-9H2,1-3H3. The second kappa shape index (κ2) is 5.33. The van der Waals surface area contributed by atoms with Gasteiger partial charge in [0, 0.05) is 12.2 Å². The highest BCUT2D eigenvalue weighted by atomic mass is 32.2. The summed E-state index contributed by atoms with van der Waals surface area (Å²) in [5.74, 6) is 1.62. The van der Waals surface area contributed by atoms with Gasteiger partial charge in [0.2, 0.25) is 5.16 Å². The van der Waals surface area contributed by atoms with Crippen molar-refractivity contribution in [2.75, 3.05) is 11.2 Å². The molecule has 0 spiro atoms. The predicted octanol–water partition coefficient (Wildman–Crippen LogP) is 3.07. The molecule has 21 heavy (non-hydrogen) atoms. The van der Waals surface area contributed by atoms with E-state index in [1.54, 1.807) is 23.9 Å². The lowest BCUT2D eigenvalue weighted by atomic mass is 9.88. The highest BCUT2D eigenvalue weighted by Gasteiger charge is 2.31. The first-order chi connectivity index (χ1) is 9.93. The molecule has 112 valence electrons. The van der Waals surface area contributed by atoms with Crippen LogP contribution in [-0.4, -0.2) is 26.7 Å². The fourth-order valence-electron chi connectivity index (χ4n) is 2.22. The van der Waals surface area contributed by atoms with E-state index < -0.39 is 0 Å². The molecule has 1 N–H and O–H groups in total. The third-order valence-electron chi connectivity index (χ3n) is 3.69. The predicted molar refractivity (Wildman–Crippen MR) is 82.6 cm³/mol. The minimum Gasteiger partial charge on any atom is -0.318 e. The van der Waals surface area contributed by atoms with Crippen LogP contribution in [0.15, 0.2) is 29.4 Å². The van der Waals surface area contributed by atoms with Crippen molar-refractivity contribution < 1.29 is 4.39 Å². The van der Waals surface area contributed by atoms with E-state index in [0.717, 1.165) is 22.3 Å². The normalized spacial score (nSPS) is 18.2. The Labute approximate surface area is 128 Å². The van der Waals surface area contributed by atoms with Crippen LogP contribution in [0.3, 0.4) is 0 Å². The maximum Gasteiger partial charge on any atom is 0.210 e. The minimum absolute atomic E-state index is 0.169. The zero-order valence-corrected chi connectivity index (χ0v) is 13.2. The summed E-state index contributed by atoms with van der Waals surface area (Å²) in [5, 5.41) is 9.39. The van der Waals surface area contributed by atoms with Gasteiger partial charge < -0.3 is 5.43 Å². The molecule has 0 aliphatic carbocycles. The Bertz CT molecular complexity index is 630. The van der Waals surface area contributed by atoms with Gasteiger partial charge in [-0.2, -0.15) is 0 Å². The van der Waals surface area contributed by atoms with E-state index in [9.17, 15) is 4.39 Å². The number of rotatable bonds is 2. The van der Waals surface area contributed by atoms with Crippen LogP contribution in [0.2, 0.25) is 0 Å². The highest BCUT2D eigenvalue weighted by molar-refractivity contribution is 7.99. The van der Waals surface area contributed by atoms with Gasteiger partial charge in [0.05, 0.1) is 6.04 Å². The summed E-state index contributed by atoms with van der Waals surface area (Å²) in [5.41, 5.74) is 4.71. The molecule has 0 amide bonds. The number of aromatic nitrogens is 3. The lowest BCUT2D eigenvalue weighted by Gasteiger charge is -2.35. The zero-order chi connectivity index (χ0) is 15.0. The quantitative estimate of drug-likeness (QED) is 0.926. The van der Waals surface area contributed by atoms with Crippen LogP contribution in [0, 0.1) is 11.2 Å². The van der Waals surface area contributed by atoms with E-state index in [2.05, 4.69) is 36.4 Å². The summed E-state index contributed by atoms with van der Waals surface area (Å²) in [6, 6.07) is 6.88. The number of hydrogen-bond acceptors (Lipinski definition) is 4. The molecule has 2 heterocycles. The fraction of sp³-hybridized carbons (Fsp3) is 0.467. The van der Waals surface area contributed by atoms with Crippen molar-refractivity contribution in [3.05, 3.63) is 41.5 Å². The Kier molecular flexibility index (Phi) is 3.65. The molecule has 0 saturated carbocycles.